The summed E-state index contributed by atoms with van der Waals surface area (Å²) in [6.07, 6.45) is 2.47. The number of para-hydroxylation sites is 2. The molecule has 9 heteroatoms. The maximum atomic E-state index is 14.5. The van der Waals surface area contributed by atoms with E-state index in [1.165, 1.54) is 16.9 Å². The molecule has 0 radical (unpaired) electrons. The largest absolute Gasteiger partial charge is 0.504 e. The minimum atomic E-state index is -1.26. The number of halogens is 1. The number of phenols is 1. The molecule has 3 aromatic rings. The smallest absolute Gasteiger partial charge is 0.241 e. The number of rotatable bonds is 4. The Morgan fingerprint density at radius 3 is 2.34 bits per heavy atom. The summed E-state index contributed by atoms with van der Waals surface area (Å²) >= 11 is 6.38. The molecule has 1 N–H and O–H groups in total. The number of hydrogen-bond donors (Lipinski definition) is 1. The Hall–Kier alpha value is -4.43. The normalized spacial score (nSPS) is 29.4. The molecule has 2 saturated heterocycles. The first-order valence-electron chi connectivity index (χ1n) is 14.7. The first-order chi connectivity index (χ1) is 21.1. The second kappa shape index (κ2) is 10.1. The standard InChI is InChI=1S/C35H31ClN2O6/c1-18-12-13-20(16-26(18)36)37-31(40)22-15-14-21-24(28(22)33(37)42)17-25-32(41)38(19-8-5-4-6-9-19)34(43)35(25,2)29(21)23-10-7-11-27(44-3)30(23)39/h4-14,16,22,24-25,28-29,39H,15,17H2,1-3H3. The van der Waals surface area contributed by atoms with Crippen LogP contribution >= 0.6 is 11.6 Å². The van der Waals surface area contributed by atoms with Crippen molar-refractivity contribution in [3.63, 3.8) is 0 Å². The molecular weight excluding hydrogens is 580 g/mol. The van der Waals surface area contributed by atoms with Gasteiger partial charge in [-0.15, -0.1) is 0 Å². The monoisotopic (exact) mass is 610 g/mol. The number of imide groups is 2. The van der Waals surface area contributed by atoms with E-state index in [9.17, 15) is 24.3 Å². The molecule has 0 bridgehead atoms. The molecule has 2 heterocycles. The van der Waals surface area contributed by atoms with Gasteiger partial charge in [-0.3, -0.25) is 19.2 Å². The van der Waals surface area contributed by atoms with Crippen molar-refractivity contribution in [3.05, 3.63) is 94.5 Å². The summed E-state index contributed by atoms with van der Waals surface area (Å²) < 4.78 is 5.43. The number of carbonyl (C=O) groups is 4. The van der Waals surface area contributed by atoms with E-state index >= 15 is 0 Å². The Balaban J connectivity index is 1.38. The molecule has 1 saturated carbocycles. The Morgan fingerprint density at radius 2 is 1.64 bits per heavy atom. The quantitative estimate of drug-likeness (QED) is 0.296. The third-order valence-corrected chi connectivity index (χ3v) is 10.7. The Kier molecular flexibility index (Phi) is 6.48. The molecule has 8 nitrogen and oxygen atoms in total. The highest BCUT2D eigenvalue weighted by atomic mass is 35.5. The molecule has 3 fully saturated rings. The van der Waals surface area contributed by atoms with E-state index in [1.807, 2.05) is 19.1 Å². The van der Waals surface area contributed by atoms with Crippen LogP contribution in [0.2, 0.25) is 5.02 Å². The highest BCUT2D eigenvalue weighted by molar-refractivity contribution is 6.32. The van der Waals surface area contributed by atoms with E-state index in [-0.39, 0.29) is 41.5 Å². The number of allylic oxidation sites excluding steroid dienone is 2. The molecule has 6 unspecified atom stereocenters. The molecule has 44 heavy (non-hydrogen) atoms. The van der Waals surface area contributed by atoms with Crippen LogP contribution in [0.1, 0.15) is 36.8 Å². The number of benzene rings is 3. The van der Waals surface area contributed by atoms with Crippen molar-refractivity contribution < 1.29 is 29.0 Å². The van der Waals surface area contributed by atoms with Gasteiger partial charge in [0.2, 0.25) is 23.6 Å². The number of nitrogens with zero attached hydrogens (tertiary/aromatic N) is 2. The number of hydrogen-bond acceptors (Lipinski definition) is 6. The van der Waals surface area contributed by atoms with Gasteiger partial charge in [-0.25, -0.2) is 9.80 Å². The van der Waals surface area contributed by atoms with Gasteiger partial charge in [-0.05, 0) is 68.5 Å². The van der Waals surface area contributed by atoms with Gasteiger partial charge in [0.1, 0.15) is 0 Å². The first kappa shape index (κ1) is 28.3. The predicted octanol–water partition coefficient (Wildman–Crippen LogP) is 5.80. The minimum Gasteiger partial charge on any atom is -0.504 e. The van der Waals surface area contributed by atoms with Crippen LogP contribution in [0.3, 0.4) is 0 Å². The van der Waals surface area contributed by atoms with Gasteiger partial charge >= 0.3 is 0 Å². The third kappa shape index (κ3) is 3.76. The van der Waals surface area contributed by atoms with Crippen LogP contribution in [0, 0.1) is 36.0 Å². The van der Waals surface area contributed by atoms with Crippen molar-refractivity contribution in [3.8, 4) is 11.5 Å². The molecule has 4 aliphatic rings. The first-order valence-corrected chi connectivity index (χ1v) is 15.1. The van der Waals surface area contributed by atoms with Gasteiger partial charge in [-0.2, -0.15) is 0 Å². The van der Waals surface area contributed by atoms with Crippen LogP contribution < -0.4 is 14.5 Å². The van der Waals surface area contributed by atoms with Crippen molar-refractivity contribution in [2.45, 2.75) is 32.6 Å². The zero-order chi connectivity index (χ0) is 31.1. The molecule has 3 aromatic carbocycles. The molecular formula is C35H31ClN2O6. The van der Waals surface area contributed by atoms with Crippen LogP contribution in [0.25, 0.3) is 0 Å². The Labute approximate surface area is 259 Å². The summed E-state index contributed by atoms with van der Waals surface area (Å²) in [7, 11) is 1.45. The van der Waals surface area contributed by atoms with Gasteiger partial charge in [0, 0.05) is 16.5 Å². The zero-order valence-electron chi connectivity index (χ0n) is 24.5. The molecule has 0 spiro atoms. The number of ether oxygens (including phenoxy) is 1. The van der Waals surface area contributed by atoms with E-state index in [0.29, 0.717) is 28.4 Å². The molecule has 224 valence electrons. The van der Waals surface area contributed by atoms with Crippen molar-refractivity contribution in [2.24, 2.45) is 29.1 Å². The molecule has 2 aliphatic heterocycles. The molecule has 0 aromatic heterocycles. The van der Waals surface area contributed by atoms with E-state index < -0.39 is 35.0 Å². The van der Waals surface area contributed by atoms with Gasteiger partial charge in [-0.1, -0.05) is 59.6 Å². The van der Waals surface area contributed by atoms with E-state index in [2.05, 4.69) is 0 Å². The van der Waals surface area contributed by atoms with Crippen molar-refractivity contribution in [1.82, 2.24) is 0 Å². The summed E-state index contributed by atoms with van der Waals surface area (Å²) in [6.45, 7) is 3.64. The highest BCUT2D eigenvalue weighted by Crippen LogP contribution is 2.65. The van der Waals surface area contributed by atoms with Crippen molar-refractivity contribution in [2.75, 3.05) is 16.9 Å². The van der Waals surface area contributed by atoms with Crippen molar-refractivity contribution in [1.29, 1.82) is 0 Å². The average Bonchev–Trinajstić information content (AvgIpc) is 3.39. The van der Waals surface area contributed by atoms with Crippen LogP contribution in [0.15, 0.2) is 78.4 Å². The van der Waals surface area contributed by atoms with Crippen molar-refractivity contribution >= 4 is 46.6 Å². The lowest BCUT2D eigenvalue weighted by atomic mass is 9.51. The number of methoxy groups -OCH3 is 1. The fourth-order valence-corrected chi connectivity index (χ4v) is 8.27. The lowest BCUT2D eigenvalue weighted by Gasteiger charge is -2.49. The van der Waals surface area contributed by atoms with Crippen LogP contribution in [0.5, 0.6) is 11.5 Å². The summed E-state index contributed by atoms with van der Waals surface area (Å²) in [4.78, 5) is 59.2. The second-order valence-electron chi connectivity index (χ2n) is 12.3. The fraction of sp³-hybridized carbons (Fsp3) is 0.314. The van der Waals surface area contributed by atoms with Gasteiger partial charge in [0.25, 0.3) is 0 Å². The second-order valence-corrected chi connectivity index (χ2v) is 12.7. The number of anilines is 2. The Morgan fingerprint density at radius 1 is 0.886 bits per heavy atom. The number of amides is 4. The SMILES string of the molecule is COc1cccc(C2C3=CCC4C(=O)N(c5ccc(C)c(Cl)c5)C(=O)C4C3CC3C(=O)N(c4ccccc4)C(=O)C32C)c1O. The lowest BCUT2D eigenvalue weighted by Crippen LogP contribution is -2.48. The number of phenolic OH excluding ortho intramolecular Hbond substituents is 1. The van der Waals surface area contributed by atoms with Gasteiger partial charge in [0.05, 0.1) is 41.7 Å². The summed E-state index contributed by atoms with van der Waals surface area (Å²) in [6, 6.07) is 19.0. The van der Waals surface area contributed by atoms with E-state index in [4.69, 9.17) is 16.3 Å². The highest BCUT2D eigenvalue weighted by Gasteiger charge is 2.68. The summed E-state index contributed by atoms with van der Waals surface area (Å²) in [5.41, 5.74) is 1.68. The average molecular weight is 611 g/mol. The van der Waals surface area contributed by atoms with Crippen LogP contribution in [-0.2, 0) is 19.2 Å². The minimum absolute atomic E-state index is 0.119. The van der Waals surface area contributed by atoms with Gasteiger partial charge < -0.3 is 9.84 Å². The van der Waals surface area contributed by atoms with E-state index in [1.54, 1.807) is 67.6 Å². The van der Waals surface area contributed by atoms with Crippen LogP contribution in [-0.4, -0.2) is 35.8 Å². The van der Waals surface area contributed by atoms with Crippen LogP contribution in [0.4, 0.5) is 11.4 Å². The van der Waals surface area contributed by atoms with E-state index in [0.717, 1.165) is 11.1 Å². The zero-order valence-corrected chi connectivity index (χ0v) is 25.2. The number of carbonyl (C=O) groups excluding carboxylic acids is 4. The predicted molar refractivity (Wildman–Crippen MR) is 164 cm³/mol. The lowest BCUT2D eigenvalue weighted by molar-refractivity contribution is -0.131. The summed E-state index contributed by atoms with van der Waals surface area (Å²) in [5.74, 6) is -4.61. The maximum Gasteiger partial charge on any atom is 0.241 e. The molecule has 6 atom stereocenters. The molecule has 2 aliphatic carbocycles. The molecule has 7 rings (SSSR count). The maximum absolute atomic E-state index is 14.5. The number of aryl methyl sites for hydroxylation is 1. The van der Waals surface area contributed by atoms with Gasteiger partial charge in [0.15, 0.2) is 11.5 Å². The third-order valence-electron chi connectivity index (χ3n) is 10.3. The number of fused-ring (bicyclic) bond motifs is 4. The Bertz CT molecular complexity index is 1790. The number of aromatic hydroxyl groups is 1. The topological polar surface area (TPSA) is 104 Å². The fourth-order valence-electron chi connectivity index (χ4n) is 8.09. The summed E-state index contributed by atoms with van der Waals surface area (Å²) in [5, 5.41) is 11.9. The molecule has 4 amide bonds.